The number of fused-ring (bicyclic) bond motifs is 1. The molecule has 3 rings (SSSR count). The molecule has 0 bridgehead atoms. The smallest absolute Gasteiger partial charge is 0.230 e. The lowest BCUT2D eigenvalue weighted by Gasteiger charge is -2.27. The number of halogens is 1. The summed E-state index contributed by atoms with van der Waals surface area (Å²) >= 11 is 3.47. The number of piperazine rings is 1. The number of aryl methyl sites for hydroxylation is 1. The maximum Gasteiger partial charge on any atom is 0.230 e. The quantitative estimate of drug-likeness (QED) is 0.916. The van der Waals surface area contributed by atoms with E-state index in [-0.39, 0.29) is 5.91 Å². The second-order valence-corrected chi connectivity index (χ2v) is 6.01. The molecular weight excluding hydrogens is 320 g/mol. The van der Waals surface area contributed by atoms with Crippen molar-refractivity contribution in [1.29, 1.82) is 0 Å². The van der Waals surface area contributed by atoms with Crippen LogP contribution in [-0.2, 0) is 11.2 Å². The molecule has 1 fully saturated rings. The third-order valence-corrected chi connectivity index (χ3v) is 4.27. The van der Waals surface area contributed by atoms with Crippen LogP contribution in [0, 0.1) is 6.92 Å². The molecule has 5 heteroatoms. The second kappa shape index (κ2) is 5.58. The molecule has 1 saturated heterocycles. The van der Waals surface area contributed by atoms with Gasteiger partial charge in [0.25, 0.3) is 0 Å². The summed E-state index contributed by atoms with van der Waals surface area (Å²) in [5.41, 5.74) is 1.90. The predicted molar refractivity (Wildman–Crippen MR) is 81.8 cm³/mol. The second-order valence-electron chi connectivity index (χ2n) is 5.10. The highest BCUT2D eigenvalue weighted by molar-refractivity contribution is 9.10. The van der Waals surface area contributed by atoms with Crippen LogP contribution in [0.4, 0.5) is 0 Å². The number of amides is 1. The summed E-state index contributed by atoms with van der Waals surface area (Å²) in [5.74, 6) is 0.925. The predicted octanol–water partition coefficient (Wildman–Crippen LogP) is 2.48. The highest BCUT2D eigenvalue weighted by Crippen LogP contribution is 2.28. The Morgan fingerprint density at radius 2 is 2.15 bits per heavy atom. The minimum Gasteiger partial charge on any atom is -0.460 e. The molecule has 1 amide bonds. The van der Waals surface area contributed by atoms with Crippen molar-refractivity contribution in [3.05, 3.63) is 34.0 Å². The third kappa shape index (κ3) is 2.60. The Hall–Kier alpha value is -1.33. The van der Waals surface area contributed by atoms with Gasteiger partial charge in [0.15, 0.2) is 0 Å². The van der Waals surface area contributed by atoms with Gasteiger partial charge in [-0.3, -0.25) is 4.79 Å². The van der Waals surface area contributed by atoms with E-state index < -0.39 is 0 Å². The van der Waals surface area contributed by atoms with E-state index in [9.17, 15) is 4.79 Å². The summed E-state index contributed by atoms with van der Waals surface area (Å²) < 4.78 is 6.85. The summed E-state index contributed by atoms with van der Waals surface area (Å²) in [5, 5.41) is 4.32. The van der Waals surface area contributed by atoms with Crippen LogP contribution in [0.3, 0.4) is 0 Å². The third-order valence-electron chi connectivity index (χ3n) is 3.78. The monoisotopic (exact) mass is 336 g/mol. The average Bonchev–Trinajstić information content (AvgIpc) is 2.76. The Bertz CT molecular complexity index is 645. The summed E-state index contributed by atoms with van der Waals surface area (Å²) in [6.45, 7) is 5.32. The van der Waals surface area contributed by atoms with Crippen LogP contribution < -0.4 is 5.32 Å². The molecule has 1 aliphatic rings. The van der Waals surface area contributed by atoms with Crippen molar-refractivity contribution in [1.82, 2.24) is 10.2 Å². The standard InChI is InChI=1S/C15H17BrN2O2/c1-10-12-8-11(16)2-3-13(12)20-14(10)9-15(19)18-6-4-17-5-7-18/h2-3,8,17H,4-7,9H2,1H3. The van der Waals surface area contributed by atoms with Gasteiger partial charge in [-0.25, -0.2) is 0 Å². The molecule has 1 N–H and O–H groups in total. The van der Waals surface area contributed by atoms with E-state index >= 15 is 0 Å². The Kier molecular flexibility index (Phi) is 3.81. The fraction of sp³-hybridized carbons (Fsp3) is 0.400. The summed E-state index contributed by atoms with van der Waals surface area (Å²) in [6, 6.07) is 5.92. The number of furan rings is 1. The number of benzene rings is 1. The molecule has 0 atom stereocenters. The zero-order chi connectivity index (χ0) is 14.1. The van der Waals surface area contributed by atoms with Gasteiger partial charge in [-0.15, -0.1) is 0 Å². The Balaban J connectivity index is 1.83. The Labute approximate surface area is 126 Å². The number of nitrogens with one attached hydrogen (secondary N) is 1. The molecular formula is C15H17BrN2O2. The number of hydrogen-bond donors (Lipinski definition) is 1. The Morgan fingerprint density at radius 1 is 1.40 bits per heavy atom. The van der Waals surface area contributed by atoms with Gasteiger partial charge in [0.1, 0.15) is 11.3 Å². The van der Waals surface area contributed by atoms with Crippen LogP contribution in [0.25, 0.3) is 11.0 Å². The zero-order valence-electron chi connectivity index (χ0n) is 11.4. The van der Waals surface area contributed by atoms with Gasteiger partial charge >= 0.3 is 0 Å². The number of hydrogen-bond acceptors (Lipinski definition) is 3. The van der Waals surface area contributed by atoms with E-state index in [4.69, 9.17) is 4.42 Å². The van der Waals surface area contributed by atoms with E-state index in [0.717, 1.165) is 52.9 Å². The van der Waals surface area contributed by atoms with Crippen LogP contribution in [0.5, 0.6) is 0 Å². The fourth-order valence-corrected chi connectivity index (χ4v) is 2.94. The first kappa shape index (κ1) is 13.6. The van der Waals surface area contributed by atoms with E-state index in [1.54, 1.807) is 0 Å². The SMILES string of the molecule is Cc1c(CC(=O)N2CCNCC2)oc2ccc(Br)cc12. The van der Waals surface area contributed by atoms with E-state index in [0.29, 0.717) is 6.42 Å². The van der Waals surface area contributed by atoms with E-state index in [2.05, 4.69) is 21.2 Å². The first-order chi connectivity index (χ1) is 9.65. The van der Waals surface area contributed by atoms with Gasteiger partial charge in [0.2, 0.25) is 5.91 Å². The first-order valence-corrected chi connectivity index (χ1v) is 7.60. The van der Waals surface area contributed by atoms with Crippen molar-refractivity contribution in [2.24, 2.45) is 0 Å². The van der Waals surface area contributed by atoms with Crippen LogP contribution in [0.2, 0.25) is 0 Å². The van der Waals surface area contributed by atoms with Crippen LogP contribution in [-0.4, -0.2) is 37.0 Å². The molecule has 106 valence electrons. The largest absolute Gasteiger partial charge is 0.460 e. The van der Waals surface area contributed by atoms with E-state index in [1.165, 1.54) is 0 Å². The number of nitrogens with zero attached hydrogens (tertiary/aromatic N) is 1. The molecule has 2 heterocycles. The van der Waals surface area contributed by atoms with Gasteiger partial charge < -0.3 is 14.6 Å². The van der Waals surface area contributed by atoms with Gasteiger partial charge in [-0.2, -0.15) is 0 Å². The maximum absolute atomic E-state index is 12.3. The molecule has 20 heavy (non-hydrogen) atoms. The highest BCUT2D eigenvalue weighted by atomic mass is 79.9. The maximum atomic E-state index is 12.3. The molecule has 2 aromatic rings. The number of rotatable bonds is 2. The van der Waals surface area contributed by atoms with Crippen molar-refractivity contribution in [2.45, 2.75) is 13.3 Å². The zero-order valence-corrected chi connectivity index (χ0v) is 13.0. The summed E-state index contributed by atoms with van der Waals surface area (Å²) in [4.78, 5) is 14.2. The minimum atomic E-state index is 0.146. The van der Waals surface area contributed by atoms with Gasteiger partial charge in [0, 0.05) is 36.0 Å². The Morgan fingerprint density at radius 3 is 2.90 bits per heavy atom. The van der Waals surface area contributed by atoms with Crippen molar-refractivity contribution < 1.29 is 9.21 Å². The molecule has 4 nitrogen and oxygen atoms in total. The molecule has 1 aliphatic heterocycles. The lowest BCUT2D eigenvalue weighted by Crippen LogP contribution is -2.46. The highest BCUT2D eigenvalue weighted by Gasteiger charge is 2.20. The topological polar surface area (TPSA) is 45.5 Å². The van der Waals surface area contributed by atoms with Gasteiger partial charge in [-0.05, 0) is 30.7 Å². The van der Waals surface area contributed by atoms with E-state index in [1.807, 2.05) is 30.0 Å². The van der Waals surface area contributed by atoms with Gasteiger partial charge in [0.05, 0.1) is 6.42 Å². The summed E-state index contributed by atoms with van der Waals surface area (Å²) in [6.07, 6.45) is 0.345. The molecule has 1 aromatic carbocycles. The average molecular weight is 337 g/mol. The van der Waals surface area contributed by atoms with Crippen LogP contribution >= 0.6 is 15.9 Å². The van der Waals surface area contributed by atoms with Crippen LogP contribution in [0.15, 0.2) is 27.1 Å². The molecule has 0 spiro atoms. The molecule has 0 unspecified atom stereocenters. The summed E-state index contributed by atoms with van der Waals surface area (Å²) in [7, 11) is 0. The van der Waals surface area contributed by atoms with Crippen molar-refractivity contribution >= 4 is 32.8 Å². The lowest BCUT2D eigenvalue weighted by atomic mass is 10.1. The van der Waals surface area contributed by atoms with Gasteiger partial charge in [-0.1, -0.05) is 15.9 Å². The molecule has 0 aliphatic carbocycles. The van der Waals surface area contributed by atoms with Crippen molar-refractivity contribution in [3.63, 3.8) is 0 Å². The van der Waals surface area contributed by atoms with Crippen molar-refractivity contribution in [2.75, 3.05) is 26.2 Å². The van der Waals surface area contributed by atoms with Crippen molar-refractivity contribution in [3.8, 4) is 0 Å². The first-order valence-electron chi connectivity index (χ1n) is 6.81. The number of carbonyl (C=O) groups is 1. The normalized spacial score (nSPS) is 15.8. The van der Waals surface area contributed by atoms with Crippen LogP contribution in [0.1, 0.15) is 11.3 Å². The molecule has 1 aromatic heterocycles. The minimum absolute atomic E-state index is 0.146. The fourth-order valence-electron chi connectivity index (χ4n) is 2.58. The number of carbonyl (C=O) groups excluding carboxylic acids is 1. The molecule has 0 saturated carbocycles. The lowest BCUT2D eigenvalue weighted by molar-refractivity contribution is -0.131. The molecule has 0 radical (unpaired) electrons.